The Hall–Kier alpha value is -0.320. The second-order valence-corrected chi connectivity index (χ2v) is 4.38. The molecule has 1 amide bonds. The Morgan fingerprint density at radius 3 is 2.81 bits per heavy atom. The Morgan fingerprint density at radius 2 is 2.31 bits per heavy atom. The molecule has 1 saturated heterocycles. The van der Waals surface area contributed by atoms with Crippen LogP contribution in [0.15, 0.2) is 0 Å². The van der Waals surface area contributed by atoms with Gasteiger partial charge in [-0.15, -0.1) is 12.4 Å². The van der Waals surface area contributed by atoms with Crippen molar-refractivity contribution in [1.82, 2.24) is 4.90 Å². The molecule has 4 nitrogen and oxygen atoms in total. The molecule has 0 spiro atoms. The number of rotatable bonds is 4. The minimum absolute atomic E-state index is 0. The number of nitrogens with two attached hydrogens (primary N) is 1. The molecule has 1 rings (SSSR count). The van der Waals surface area contributed by atoms with Crippen LogP contribution in [0.3, 0.4) is 0 Å². The van der Waals surface area contributed by atoms with Crippen molar-refractivity contribution in [3.8, 4) is 0 Å². The number of amides is 1. The van der Waals surface area contributed by atoms with Gasteiger partial charge in [0.05, 0.1) is 12.5 Å². The molecule has 2 N–H and O–H groups in total. The zero-order valence-corrected chi connectivity index (χ0v) is 11.0. The summed E-state index contributed by atoms with van der Waals surface area (Å²) in [5.41, 5.74) is 5.49. The van der Waals surface area contributed by atoms with Gasteiger partial charge in [0.1, 0.15) is 0 Å². The molecule has 0 aromatic carbocycles. The van der Waals surface area contributed by atoms with Crippen LogP contribution in [-0.4, -0.2) is 43.7 Å². The minimum atomic E-state index is -0.130. The van der Waals surface area contributed by atoms with Gasteiger partial charge in [-0.25, -0.2) is 0 Å². The molecule has 2 atom stereocenters. The van der Waals surface area contributed by atoms with E-state index in [1.54, 1.807) is 7.11 Å². The van der Waals surface area contributed by atoms with Gasteiger partial charge in [0.25, 0.3) is 0 Å². The highest BCUT2D eigenvalue weighted by Gasteiger charge is 2.22. The molecule has 1 fully saturated rings. The summed E-state index contributed by atoms with van der Waals surface area (Å²) in [4.78, 5) is 13.8. The van der Waals surface area contributed by atoms with E-state index in [0.717, 1.165) is 19.5 Å². The Morgan fingerprint density at radius 1 is 1.62 bits per heavy atom. The van der Waals surface area contributed by atoms with Crippen LogP contribution in [0.5, 0.6) is 0 Å². The van der Waals surface area contributed by atoms with Gasteiger partial charge >= 0.3 is 0 Å². The molecule has 5 heteroatoms. The normalized spacial score (nSPS) is 22.4. The predicted octanol–water partition coefficient (Wildman–Crippen LogP) is 1.03. The Labute approximate surface area is 104 Å². The third kappa shape index (κ3) is 4.68. The van der Waals surface area contributed by atoms with Gasteiger partial charge in [-0.3, -0.25) is 4.79 Å². The number of piperidine rings is 1. The number of carbonyl (C=O) groups is 1. The first-order valence-corrected chi connectivity index (χ1v) is 5.68. The molecule has 96 valence electrons. The molecule has 0 bridgehead atoms. The van der Waals surface area contributed by atoms with Crippen molar-refractivity contribution < 1.29 is 9.53 Å². The minimum Gasteiger partial charge on any atom is -0.380 e. The Bertz CT molecular complexity index is 210. The molecule has 1 heterocycles. The lowest BCUT2D eigenvalue weighted by Gasteiger charge is -2.31. The lowest BCUT2D eigenvalue weighted by atomic mass is 10.00. The summed E-state index contributed by atoms with van der Waals surface area (Å²) in [6.45, 7) is 4.38. The summed E-state index contributed by atoms with van der Waals surface area (Å²) in [5, 5.41) is 0. The van der Waals surface area contributed by atoms with Gasteiger partial charge in [-0.05, 0) is 18.8 Å². The molecular formula is C11H23ClN2O2. The number of ether oxygens (including phenoxy) is 1. The van der Waals surface area contributed by atoms with E-state index in [4.69, 9.17) is 10.5 Å². The molecule has 0 aliphatic carbocycles. The van der Waals surface area contributed by atoms with E-state index in [1.165, 1.54) is 6.42 Å². The number of halogens is 1. The van der Waals surface area contributed by atoms with Gasteiger partial charge in [-0.2, -0.15) is 0 Å². The first-order valence-electron chi connectivity index (χ1n) is 5.68. The van der Waals surface area contributed by atoms with E-state index in [9.17, 15) is 4.79 Å². The average Bonchev–Trinajstić information content (AvgIpc) is 2.25. The highest BCUT2D eigenvalue weighted by Crippen LogP contribution is 2.16. The zero-order valence-electron chi connectivity index (χ0n) is 10.1. The number of carbonyl (C=O) groups excluding carboxylic acids is 1. The third-order valence-electron chi connectivity index (χ3n) is 3.01. The fourth-order valence-corrected chi connectivity index (χ4v) is 2.00. The summed E-state index contributed by atoms with van der Waals surface area (Å²) in [6, 6.07) is 0. The molecule has 16 heavy (non-hydrogen) atoms. The number of hydrogen-bond acceptors (Lipinski definition) is 3. The Kier molecular flexibility index (Phi) is 7.72. The lowest BCUT2D eigenvalue weighted by molar-refractivity contribution is -0.135. The van der Waals surface area contributed by atoms with Crippen LogP contribution in [0, 0.1) is 5.92 Å². The molecular weight excluding hydrogens is 228 g/mol. The topological polar surface area (TPSA) is 55.6 Å². The van der Waals surface area contributed by atoms with Gasteiger partial charge in [0, 0.05) is 26.7 Å². The largest absolute Gasteiger partial charge is 0.380 e. The van der Waals surface area contributed by atoms with Gasteiger partial charge in [0.15, 0.2) is 0 Å². The van der Waals surface area contributed by atoms with E-state index >= 15 is 0 Å². The van der Waals surface area contributed by atoms with Crippen molar-refractivity contribution in [1.29, 1.82) is 0 Å². The van der Waals surface area contributed by atoms with Gasteiger partial charge in [0.2, 0.25) is 5.91 Å². The number of likely N-dealkylation sites (tertiary alicyclic amines) is 1. The van der Waals surface area contributed by atoms with Crippen molar-refractivity contribution >= 4 is 18.3 Å². The summed E-state index contributed by atoms with van der Waals surface area (Å²) in [6.07, 6.45) is 2.64. The van der Waals surface area contributed by atoms with Crippen LogP contribution in [0.1, 0.15) is 26.2 Å². The highest BCUT2D eigenvalue weighted by atomic mass is 35.5. The van der Waals surface area contributed by atoms with Crippen LogP contribution < -0.4 is 5.73 Å². The quantitative estimate of drug-likeness (QED) is 0.811. The number of hydrogen-bond donors (Lipinski definition) is 1. The summed E-state index contributed by atoms with van der Waals surface area (Å²) >= 11 is 0. The molecule has 0 aromatic heterocycles. The summed E-state index contributed by atoms with van der Waals surface area (Å²) in [5.74, 6) is 0.806. The second kappa shape index (κ2) is 7.87. The smallest absolute Gasteiger partial charge is 0.225 e. The van der Waals surface area contributed by atoms with E-state index in [1.807, 2.05) is 4.90 Å². The highest BCUT2D eigenvalue weighted by molar-refractivity contribution is 5.85. The predicted molar refractivity (Wildman–Crippen MR) is 66.7 cm³/mol. The van der Waals surface area contributed by atoms with Crippen molar-refractivity contribution in [2.24, 2.45) is 11.7 Å². The van der Waals surface area contributed by atoms with E-state index < -0.39 is 0 Å². The van der Waals surface area contributed by atoms with Crippen molar-refractivity contribution in [3.05, 3.63) is 0 Å². The van der Waals surface area contributed by atoms with Crippen LogP contribution in [-0.2, 0) is 9.53 Å². The number of methoxy groups -OCH3 is 1. The molecule has 0 aromatic rings. The number of nitrogens with zero attached hydrogens (tertiary/aromatic N) is 1. The molecule has 1 aliphatic heterocycles. The fourth-order valence-electron chi connectivity index (χ4n) is 2.00. The molecule has 2 unspecified atom stereocenters. The van der Waals surface area contributed by atoms with E-state index in [-0.39, 0.29) is 24.4 Å². The van der Waals surface area contributed by atoms with Crippen molar-refractivity contribution in [2.75, 3.05) is 26.7 Å². The first kappa shape index (κ1) is 15.7. The first-order chi connectivity index (χ1) is 7.17. The van der Waals surface area contributed by atoms with Crippen molar-refractivity contribution in [3.63, 3.8) is 0 Å². The maximum Gasteiger partial charge on any atom is 0.225 e. The zero-order chi connectivity index (χ0) is 11.3. The molecule has 1 aliphatic rings. The fraction of sp³-hybridized carbons (Fsp3) is 0.909. The average molecular weight is 251 g/mol. The van der Waals surface area contributed by atoms with E-state index in [2.05, 4.69) is 6.92 Å². The standard InChI is InChI=1S/C11H22N2O2.ClH/c1-9-4-3-5-13(8-9)11(14)6-10(7-12)15-2;/h9-10H,3-8,12H2,1-2H3;1H. The van der Waals surface area contributed by atoms with Crippen LogP contribution >= 0.6 is 12.4 Å². The maximum atomic E-state index is 11.9. The third-order valence-corrected chi connectivity index (χ3v) is 3.01. The SMILES string of the molecule is COC(CN)CC(=O)N1CCCC(C)C1.Cl. The lowest BCUT2D eigenvalue weighted by Crippen LogP contribution is -2.41. The van der Waals surface area contributed by atoms with Crippen molar-refractivity contribution in [2.45, 2.75) is 32.3 Å². The van der Waals surface area contributed by atoms with Crippen LogP contribution in [0.4, 0.5) is 0 Å². The van der Waals surface area contributed by atoms with Gasteiger partial charge in [-0.1, -0.05) is 6.92 Å². The molecule has 0 radical (unpaired) electrons. The van der Waals surface area contributed by atoms with Crippen LogP contribution in [0.2, 0.25) is 0 Å². The second-order valence-electron chi connectivity index (χ2n) is 4.38. The Balaban J connectivity index is 0.00000225. The monoisotopic (exact) mass is 250 g/mol. The van der Waals surface area contributed by atoms with Crippen LogP contribution in [0.25, 0.3) is 0 Å². The summed E-state index contributed by atoms with van der Waals surface area (Å²) in [7, 11) is 1.60. The maximum absolute atomic E-state index is 11.9. The van der Waals surface area contributed by atoms with Gasteiger partial charge < -0.3 is 15.4 Å². The van der Waals surface area contributed by atoms with E-state index in [0.29, 0.717) is 18.9 Å². The summed E-state index contributed by atoms with van der Waals surface area (Å²) < 4.78 is 5.12. The molecule has 0 saturated carbocycles.